The highest BCUT2D eigenvalue weighted by atomic mass is 19.4. The predicted molar refractivity (Wildman–Crippen MR) is 66.2 cm³/mol. The number of alkyl halides is 3. The first-order valence-corrected chi connectivity index (χ1v) is 5.46. The number of nitrogen functional groups attached to an aromatic ring is 1. The van der Waals surface area contributed by atoms with Crippen molar-refractivity contribution in [1.29, 1.82) is 0 Å². The summed E-state index contributed by atoms with van der Waals surface area (Å²) in [5, 5.41) is 0. The van der Waals surface area contributed by atoms with Gasteiger partial charge in [-0.15, -0.1) is 13.2 Å². The molecule has 2 rings (SSSR count). The van der Waals surface area contributed by atoms with E-state index >= 15 is 0 Å². The molecule has 0 bridgehead atoms. The lowest BCUT2D eigenvalue weighted by Crippen LogP contribution is -2.17. The van der Waals surface area contributed by atoms with Crippen LogP contribution in [0.1, 0.15) is 10.4 Å². The van der Waals surface area contributed by atoms with Crippen LogP contribution in [0.3, 0.4) is 0 Å². The number of para-hydroxylation sites is 1. The number of benzene rings is 1. The molecule has 0 unspecified atom stereocenters. The number of carbonyl (C=O) groups excluding carboxylic acids is 1. The Balaban J connectivity index is 2.55. The van der Waals surface area contributed by atoms with Gasteiger partial charge in [-0.05, 0) is 12.1 Å². The second-order valence-electron chi connectivity index (χ2n) is 3.86. The molecule has 7 heteroatoms. The Morgan fingerprint density at radius 3 is 2.55 bits per heavy atom. The molecule has 0 amide bonds. The van der Waals surface area contributed by atoms with Crippen molar-refractivity contribution in [1.82, 2.24) is 4.98 Å². The molecule has 104 valence electrons. The van der Waals surface area contributed by atoms with Crippen molar-refractivity contribution < 1.29 is 22.7 Å². The van der Waals surface area contributed by atoms with Crippen LogP contribution in [0.15, 0.2) is 36.5 Å². The molecular weight excluding hydrogens is 273 g/mol. The first kappa shape index (κ1) is 13.9. The molecular formula is C13H9F3N2O2. The number of pyridine rings is 1. The molecule has 2 N–H and O–H groups in total. The van der Waals surface area contributed by atoms with Crippen LogP contribution >= 0.6 is 0 Å². The summed E-state index contributed by atoms with van der Waals surface area (Å²) in [6.45, 7) is 0. The number of halogens is 3. The average molecular weight is 282 g/mol. The quantitative estimate of drug-likeness (QED) is 0.879. The van der Waals surface area contributed by atoms with E-state index in [1.807, 2.05) is 0 Å². The number of anilines is 1. The van der Waals surface area contributed by atoms with Gasteiger partial charge in [0.1, 0.15) is 11.6 Å². The van der Waals surface area contributed by atoms with Gasteiger partial charge < -0.3 is 10.5 Å². The lowest BCUT2D eigenvalue weighted by Gasteiger charge is -2.14. The first-order chi connectivity index (χ1) is 9.40. The number of ether oxygens (including phenoxy) is 1. The zero-order valence-corrected chi connectivity index (χ0v) is 10.0. The summed E-state index contributed by atoms with van der Waals surface area (Å²) in [6.07, 6.45) is -3.05. The third-order valence-corrected chi connectivity index (χ3v) is 2.48. The summed E-state index contributed by atoms with van der Waals surface area (Å²) in [5.41, 5.74) is 6.16. The van der Waals surface area contributed by atoms with Crippen molar-refractivity contribution in [2.24, 2.45) is 0 Å². The topological polar surface area (TPSA) is 65.2 Å². The van der Waals surface area contributed by atoms with E-state index in [0.29, 0.717) is 6.29 Å². The maximum Gasteiger partial charge on any atom is 0.573 e. The Morgan fingerprint density at radius 1 is 1.20 bits per heavy atom. The smallest absolute Gasteiger partial charge is 0.405 e. The predicted octanol–water partition coefficient (Wildman–Crippen LogP) is 3.04. The van der Waals surface area contributed by atoms with Crippen LogP contribution in [0.4, 0.5) is 19.0 Å². The van der Waals surface area contributed by atoms with Crippen molar-refractivity contribution >= 4 is 12.1 Å². The minimum absolute atomic E-state index is 0.00817. The Hall–Kier alpha value is -2.57. The van der Waals surface area contributed by atoms with Crippen LogP contribution in [-0.4, -0.2) is 17.6 Å². The van der Waals surface area contributed by atoms with Gasteiger partial charge in [-0.25, -0.2) is 4.98 Å². The summed E-state index contributed by atoms with van der Waals surface area (Å²) in [4.78, 5) is 14.5. The third-order valence-electron chi connectivity index (χ3n) is 2.48. The van der Waals surface area contributed by atoms with Gasteiger partial charge in [-0.1, -0.05) is 18.2 Å². The number of carbonyl (C=O) groups is 1. The lowest BCUT2D eigenvalue weighted by molar-refractivity contribution is -0.274. The third kappa shape index (κ3) is 3.05. The molecule has 1 aromatic heterocycles. The van der Waals surface area contributed by atoms with E-state index in [9.17, 15) is 18.0 Å². The molecule has 0 aliphatic rings. The molecule has 1 heterocycles. The van der Waals surface area contributed by atoms with Crippen LogP contribution in [0.2, 0.25) is 0 Å². The molecule has 0 radical (unpaired) electrons. The molecule has 0 aliphatic heterocycles. The molecule has 20 heavy (non-hydrogen) atoms. The Kier molecular flexibility index (Phi) is 3.60. The first-order valence-electron chi connectivity index (χ1n) is 5.46. The number of aromatic nitrogens is 1. The molecule has 0 atom stereocenters. The van der Waals surface area contributed by atoms with Gasteiger partial charge in [0.15, 0.2) is 6.29 Å². The van der Waals surface area contributed by atoms with Crippen molar-refractivity contribution in [3.8, 4) is 16.9 Å². The Labute approximate surface area is 112 Å². The van der Waals surface area contributed by atoms with E-state index in [1.165, 1.54) is 30.5 Å². The molecule has 2 aromatic rings. The van der Waals surface area contributed by atoms with Crippen LogP contribution in [0.25, 0.3) is 11.1 Å². The number of hydrogen-bond donors (Lipinski definition) is 1. The molecule has 0 spiro atoms. The largest absolute Gasteiger partial charge is 0.573 e. The highest BCUT2D eigenvalue weighted by Crippen LogP contribution is 2.35. The zero-order chi connectivity index (χ0) is 14.8. The second-order valence-corrected chi connectivity index (χ2v) is 3.86. The van der Waals surface area contributed by atoms with Crippen molar-refractivity contribution in [2.45, 2.75) is 6.36 Å². The second kappa shape index (κ2) is 5.20. The van der Waals surface area contributed by atoms with E-state index < -0.39 is 12.1 Å². The Morgan fingerprint density at radius 2 is 1.90 bits per heavy atom. The van der Waals surface area contributed by atoms with Crippen molar-refractivity contribution in [3.63, 3.8) is 0 Å². The summed E-state index contributed by atoms with van der Waals surface area (Å²) in [7, 11) is 0. The summed E-state index contributed by atoms with van der Waals surface area (Å²) < 4.78 is 41.0. The Bertz CT molecular complexity index is 642. The van der Waals surface area contributed by atoms with Crippen LogP contribution in [0, 0.1) is 0 Å². The van der Waals surface area contributed by atoms with E-state index in [2.05, 4.69) is 9.72 Å². The average Bonchev–Trinajstić information content (AvgIpc) is 2.38. The number of rotatable bonds is 3. The minimum atomic E-state index is -4.82. The van der Waals surface area contributed by atoms with Gasteiger partial charge in [0.25, 0.3) is 0 Å². The normalized spacial score (nSPS) is 11.2. The fraction of sp³-hybridized carbons (Fsp3) is 0.0769. The molecule has 1 aromatic carbocycles. The standard InChI is InChI=1S/C13H9F3N2O2/c14-13(15,16)20-11-4-2-1-3-9(11)10-5-8(7-19)6-18-12(10)17/h1-7H,(H2,17,18). The fourth-order valence-electron chi connectivity index (χ4n) is 1.67. The maximum absolute atomic E-state index is 12.4. The fourth-order valence-corrected chi connectivity index (χ4v) is 1.67. The molecule has 0 fully saturated rings. The van der Waals surface area contributed by atoms with Crippen LogP contribution in [-0.2, 0) is 0 Å². The van der Waals surface area contributed by atoms with Crippen molar-refractivity contribution in [3.05, 3.63) is 42.1 Å². The number of nitrogens with two attached hydrogens (primary N) is 1. The summed E-state index contributed by atoms with van der Waals surface area (Å²) in [6, 6.07) is 6.86. The highest BCUT2D eigenvalue weighted by molar-refractivity contribution is 5.84. The van der Waals surface area contributed by atoms with Crippen LogP contribution < -0.4 is 10.5 Å². The minimum Gasteiger partial charge on any atom is -0.405 e. The van der Waals surface area contributed by atoms with E-state index in [4.69, 9.17) is 5.73 Å². The summed E-state index contributed by atoms with van der Waals surface area (Å²) >= 11 is 0. The lowest BCUT2D eigenvalue weighted by atomic mass is 10.0. The molecule has 0 saturated carbocycles. The number of hydrogen-bond acceptors (Lipinski definition) is 4. The van der Waals surface area contributed by atoms with Gasteiger partial charge in [-0.2, -0.15) is 0 Å². The monoisotopic (exact) mass is 282 g/mol. The number of aldehydes is 1. The molecule has 4 nitrogen and oxygen atoms in total. The van der Waals surface area contributed by atoms with Gasteiger partial charge >= 0.3 is 6.36 Å². The van der Waals surface area contributed by atoms with E-state index in [1.54, 1.807) is 0 Å². The summed E-state index contributed by atoms with van der Waals surface area (Å²) in [5.74, 6) is -0.398. The van der Waals surface area contributed by atoms with Crippen molar-refractivity contribution in [2.75, 3.05) is 5.73 Å². The van der Waals surface area contributed by atoms with E-state index in [-0.39, 0.29) is 22.5 Å². The van der Waals surface area contributed by atoms with Gasteiger partial charge in [0, 0.05) is 22.9 Å². The molecule has 0 saturated heterocycles. The van der Waals surface area contributed by atoms with Gasteiger partial charge in [0.05, 0.1) is 0 Å². The van der Waals surface area contributed by atoms with Gasteiger partial charge in [0.2, 0.25) is 0 Å². The SMILES string of the molecule is Nc1ncc(C=O)cc1-c1ccccc1OC(F)(F)F. The molecule has 0 aliphatic carbocycles. The van der Waals surface area contributed by atoms with E-state index in [0.717, 1.165) is 6.07 Å². The zero-order valence-electron chi connectivity index (χ0n) is 10.0. The highest BCUT2D eigenvalue weighted by Gasteiger charge is 2.32. The van der Waals surface area contributed by atoms with Crippen LogP contribution in [0.5, 0.6) is 5.75 Å². The number of nitrogens with zero attached hydrogens (tertiary/aromatic N) is 1. The maximum atomic E-state index is 12.4. The van der Waals surface area contributed by atoms with Gasteiger partial charge in [-0.3, -0.25) is 4.79 Å².